The minimum absolute atomic E-state index is 0.131. The lowest BCUT2D eigenvalue weighted by Gasteiger charge is -2.42. The van der Waals surface area contributed by atoms with E-state index in [9.17, 15) is 9.18 Å². The van der Waals surface area contributed by atoms with Crippen LogP contribution in [0.15, 0.2) is 24.3 Å². The van der Waals surface area contributed by atoms with E-state index in [1.54, 1.807) is 6.07 Å². The van der Waals surface area contributed by atoms with E-state index in [2.05, 4.69) is 5.43 Å². The lowest BCUT2D eigenvalue weighted by atomic mass is 9.89. The zero-order chi connectivity index (χ0) is 14.2. The van der Waals surface area contributed by atoms with Crippen molar-refractivity contribution in [3.8, 4) is 0 Å². The molecule has 0 aliphatic carbocycles. The lowest BCUT2D eigenvalue weighted by Crippen LogP contribution is -2.51. The number of benzene rings is 1. The Morgan fingerprint density at radius 3 is 2.79 bits per heavy atom. The summed E-state index contributed by atoms with van der Waals surface area (Å²) in [5, 5.41) is 0. The topological polar surface area (TPSA) is 58.4 Å². The summed E-state index contributed by atoms with van der Waals surface area (Å²) in [4.78, 5) is 13.5. The highest BCUT2D eigenvalue weighted by Crippen LogP contribution is 2.38. The number of fused-ring (bicyclic) bond motifs is 1. The summed E-state index contributed by atoms with van der Waals surface area (Å²) in [6.45, 7) is 6.09. The van der Waals surface area contributed by atoms with Crippen molar-refractivity contribution in [2.45, 2.75) is 26.3 Å². The van der Waals surface area contributed by atoms with E-state index < -0.39 is 0 Å². The van der Waals surface area contributed by atoms with Crippen molar-refractivity contribution in [1.82, 2.24) is 5.43 Å². The number of nitrogens with zero attached hydrogens (tertiary/aromatic N) is 1. The maximum atomic E-state index is 13.4. The van der Waals surface area contributed by atoms with Crippen LogP contribution >= 0.6 is 0 Å². The van der Waals surface area contributed by atoms with Gasteiger partial charge in [0.05, 0.1) is 12.1 Å². The van der Waals surface area contributed by atoms with Crippen LogP contribution in [0.5, 0.6) is 0 Å². The summed E-state index contributed by atoms with van der Waals surface area (Å²) < 4.78 is 13.4. The molecule has 1 aliphatic rings. The third-order valence-corrected chi connectivity index (χ3v) is 3.40. The highest BCUT2D eigenvalue weighted by molar-refractivity contribution is 5.87. The van der Waals surface area contributed by atoms with Crippen molar-refractivity contribution >= 4 is 17.2 Å². The Labute approximate surface area is 112 Å². The molecule has 3 N–H and O–H groups in total. The second kappa shape index (κ2) is 4.66. The quantitative estimate of drug-likeness (QED) is 0.486. The molecule has 1 heterocycles. The summed E-state index contributed by atoms with van der Waals surface area (Å²) in [6.07, 6.45) is 2.03. The Morgan fingerprint density at radius 2 is 2.16 bits per heavy atom. The molecule has 1 amide bonds. The van der Waals surface area contributed by atoms with Gasteiger partial charge in [0.1, 0.15) is 5.82 Å². The number of allylic oxidation sites excluding steroid dienone is 1. The molecule has 5 heteroatoms. The first-order valence-electron chi connectivity index (χ1n) is 6.11. The average molecular weight is 263 g/mol. The Hall–Kier alpha value is -1.88. The highest BCUT2D eigenvalue weighted by atomic mass is 19.1. The van der Waals surface area contributed by atoms with Crippen LogP contribution in [0, 0.1) is 5.82 Å². The number of carbonyl (C=O) groups is 1. The number of nitrogens with one attached hydrogen (secondary N) is 1. The van der Waals surface area contributed by atoms with E-state index >= 15 is 0 Å². The number of hydrazine groups is 1. The number of rotatable bonds is 2. The van der Waals surface area contributed by atoms with E-state index in [0.29, 0.717) is 0 Å². The van der Waals surface area contributed by atoms with Gasteiger partial charge in [-0.3, -0.25) is 10.2 Å². The number of hydrogen-bond donors (Lipinski definition) is 2. The molecule has 2 rings (SSSR count). The van der Waals surface area contributed by atoms with Crippen molar-refractivity contribution in [1.29, 1.82) is 0 Å². The van der Waals surface area contributed by atoms with Crippen LogP contribution in [0.3, 0.4) is 0 Å². The molecular formula is C14H18FN3O. The Balaban J connectivity index is 2.51. The fraction of sp³-hybridized carbons (Fsp3) is 0.357. The summed E-state index contributed by atoms with van der Waals surface area (Å²) >= 11 is 0. The SMILES string of the molecule is CC1=CC(C)(C)N(CC(=O)NN)c2ccc(F)cc21. The Bertz CT molecular complexity index is 552. The molecule has 0 saturated carbocycles. The number of hydrogen-bond acceptors (Lipinski definition) is 3. The number of halogens is 1. The lowest BCUT2D eigenvalue weighted by molar-refractivity contribution is -0.120. The van der Waals surface area contributed by atoms with Gasteiger partial charge >= 0.3 is 0 Å². The van der Waals surface area contributed by atoms with Gasteiger partial charge in [-0.2, -0.15) is 0 Å². The number of anilines is 1. The van der Waals surface area contributed by atoms with Gasteiger partial charge in [0.15, 0.2) is 0 Å². The van der Waals surface area contributed by atoms with E-state index in [-0.39, 0.29) is 23.8 Å². The van der Waals surface area contributed by atoms with E-state index in [1.807, 2.05) is 31.7 Å². The van der Waals surface area contributed by atoms with Gasteiger partial charge in [0.2, 0.25) is 0 Å². The molecule has 0 atom stereocenters. The second-order valence-electron chi connectivity index (χ2n) is 5.30. The van der Waals surface area contributed by atoms with Crippen molar-refractivity contribution < 1.29 is 9.18 Å². The van der Waals surface area contributed by atoms with Crippen LogP contribution in [0.1, 0.15) is 26.3 Å². The molecule has 1 aromatic rings. The van der Waals surface area contributed by atoms with Gasteiger partial charge in [0.25, 0.3) is 5.91 Å². The molecular weight excluding hydrogens is 245 g/mol. The smallest absolute Gasteiger partial charge is 0.253 e. The monoisotopic (exact) mass is 263 g/mol. The molecule has 0 radical (unpaired) electrons. The number of nitrogens with two attached hydrogens (primary N) is 1. The molecule has 0 bridgehead atoms. The summed E-state index contributed by atoms with van der Waals surface area (Å²) in [7, 11) is 0. The first-order valence-corrected chi connectivity index (χ1v) is 6.11. The van der Waals surface area contributed by atoms with E-state index in [1.165, 1.54) is 12.1 Å². The molecule has 1 aliphatic heterocycles. The molecule has 0 unspecified atom stereocenters. The molecule has 102 valence electrons. The first kappa shape index (κ1) is 13.5. The van der Waals surface area contributed by atoms with E-state index in [4.69, 9.17) is 5.84 Å². The molecule has 0 saturated heterocycles. The molecule has 0 fully saturated rings. The van der Waals surface area contributed by atoms with Crippen LogP contribution in [-0.4, -0.2) is 18.0 Å². The summed E-state index contributed by atoms with van der Waals surface area (Å²) in [5.41, 5.74) is 4.45. The molecule has 0 aromatic heterocycles. The zero-order valence-corrected chi connectivity index (χ0v) is 11.3. The molecule has 4 nitrogen and oxygen atoms in total. The fourth-order valence-corrected chi connectivity index (χ4v) is 2.53. The maximum Gasteiger partial charge on any atom is 0.253 e. The number of carbonyl (C=O) groups excluding carboxylic acids is 1. The average Bonchev–Trinajstić information content (AvgIpc) is 2.34. The summed E-state index contributed by atoms with van der Waals surface area (Å²) in [6, 6.07) is 4.59. The Kier molecular flexibility index (Phi) is 3.32. The third-order valence-electron chi connectivity index (χ3n) is 3.40. The van der Waals surface area contributed by atoms with Crippen molar-refractivity contribution in [3.05, 3.63) is 35.7 Å². The van der Waals surface area contributed by atoms with Gasteiger partial charge in [-0.15, -0.1) is 0 Å². The van der Waals surface area contributed by atoms with Crippen molar-refractivity contribution in [3.63, 3.8) is 0 Å². The van der Waals surface area contributed by atoms with Gasteiger partial charge in [-0.1, -0.05) is 6.08 Å². The van der Waals surface area contributed by atoms with Crippen LogP contribution in [0.25, 0.3) is 5.57 Å². The maximum absolute atomic E-state index is 13.4. The van der Waals surface area contributed by atoms with Gasteiger partial charge < -0.3 is 4.90 Å². The Morgan fingerprint density at radius 1 is 1.47 bits per heavy atom. The van der Waals surface area contributed by atoms with Crippen LogP contribution < -0.4 is 16.2 Å². The molecule has 1 aromatic carbocycles. The minimum Gasteiger partial charge on any atom is -0.353 e. The fourth-order valence-electron chi connectivity index (χ4n) is 2.53. The van der Waals surface area contributed by atoms with E-state index in [0.717, 1.165) is 16.8 Å². The van der Waals surface area contributed by atoms with Gasteiger partial charge in [-0.25, -0.2) is 10.2 Å². The van der Waals surface area contributed by atoms with Crippen LogP contribution in [-0.2, 0) is 4.79 Å². The van der Waals surface area contributed by atoms with Gasteiger partial charge in [0, 0.05) is 11.3 Å². The summed E-state index contributed by atoms with van der Waals surface area (Å²) in [5.74, 6) is 4.58. The van der Waals surface area contributed by atoms with Crippen LogP contribution in [0.4, 0.5) is 10.1 Å². The van der Waals surface area contributed by atoms with Crippen molar-refractivity contribution in [2.75, 3.05) is 11.4 Å². The standard InChI is InChI=1S/C14H18FN3O/c1-9-7-14(2,3)18(8-13(19)17-16)12-5-4-10(15)6-11(9)12/h4-7H,8,16H2,1-3H3,(H,17,19). The van der Waals surface area contributed by atoms with Crippen molar-refractivity contribution in [2.24, 2.45) is 5.84 Å². The second-order valence-corrected chi connectivity index (χ2v) is 5.30. The molecule has 19 heavy (non-hydrogen) atoms. The largest absolute Gasteiger partial charge is 0.353 e. The predicted octanol–water partition coefficient (Wildman–Crippen LogP) is 1.82. The predicted molar refractivity (Wildman–Crippen MR) is 73.8 cm³/mol. The first-order chi connectivity index (χ1) is 8.85. The zero-order valence-electron chi connectivity index (χ0n) is 11.3. The normalized spacial score (nSPS) is 16.7. The highest BCUT2D eigenvalue weighted by Gasteiger charge is 2.32. The third kappa shape index (κ3) is 2.46. The number of amides is 1. The van der Waals surface area contributed by atoms with Crippen LogP contribution in [0.2, 0.25) is 0 Å². The molecule has 0 spiro atoms. The van der Waals surface area contributed by atoms with Gasteiger partial charge in [-0.05, 0) is 44.5 Å². The minimum atomic E-state index is -0.332.